The molecule has 0 aliphatic carbocycles. The van der Waals surface area contributed by atoms with Crippen LogP contribution in [-0.4, -0.2) is 23.4 Å². The van der Waals surface area contributed by atoms with E-state index in [2.05, 4.69) is 5.32 Å². The highest BCUT2D eigenvalue weighted by Crippen LogP contribution is 2.21. The van der Waals surface area contributed by atoms with Gasteiger partial charge in [0.1, 0.15) is 0 Å². The number of carbonyl (C=O) groups is 2. The van der Waals surface area contributed by atoms with Crippen LogP contribution >= 0.6 is 11.6 Å². The number of carbonyl (C=O) groups excluding carboxylic acids is 2. The van der Waals surface area contributed by atoms with Crippen molar-refractivity contribution < 1.29 is 19.2 Å². The number of benzene rings is 2. The second kappa shape index (κ2) is 7.56. The monoisotopic (exact) mass is 348 g/mol. The molecule has 0 aliphatic rings. The first-order chi connectivity index (χ1) is 11.4. The average Bonchev–Trinajstić information content (AvgIpc) is 2.54. The topological polar surface area (TPSA) is 98.5 Å². The van der Waals surface area contributed by atoms with Crippen LogP contribution in [0.2, 0.25) is 5.02 Å². The van der Waals surface area contributed by atoms with Crippen molar-refractivity contribution in [1.82, 2.24) is 0 Å². The summed E-state index contributed by atoms with van der Waals surface area (Å²) in [6.07, 6.45) is 0. The van der Waals surface area contributed by atoms with Crippen molar-refractivity contribution in [2.24, 2.45) is 0 Å². The Balaban J connectivity index is 1.98. The Morgan fingerprint density at radius 3 is 2.50 bits per heavy atom. The van der Waals surface area contributed by atoms with Gasteiger partial charge in [0.2, 0.25) is 0 Å². The maximum absolute atomic E-state index is 12.0. The molecule has 1 amide bonds. The molecule has 0 aliphatic heterocycles. The molecule has 0 saturated heterocycles. The molecule has 0 bridgehead atoms. The number of rotatable bonds is 5. The minimum absolute atomic E-state index is 0.0449. The highest BCUT2D eigenvalue weighted by molar-refractivity contribution is 6.30. The molecule has 0 heterocycles. The summed E-state index contributed by atoms with van der Waals surface area (Å²) in [5, 5.41) is 13.9. The van der Waals surface area contributed by atoms with Crippen molar-refractivity contribution in [2.75, 3.05) is 11.9 Å². The molecule has 0 aromatic heterocycles. The Labute approximate surface area is 142 Å². The second-order valence-corrected chi connectivity index (χ2v) is 5.27. The van der Waals surface area contributed by atoms with Crippen LogP contribution in [0.3, 0.4) is 0 Å². The number of hydrogen-bond donors (Lipinski definition) is 1. The van der Waals surface area contributed by atoms with Gasteiger partial charge in [0.25, 0.3) is 11.6 Å². The van der Waals surface area contributed by atoms with Gasteiger partial charge < -0.3 is 10.1 Å². The number of halogens is 1. The van der Waals surface area contributed by atoms with E-state index in [1.807, 2.05) is 0 Å². The molecule has 0 radical (unpaired) electrons. The van der Waals surface area contributed by atoms with Crippen molar-refractivity contribution in [3.8, 4) is 0 Å². The lowest BCUT2D eigenvalue weighted by Gasteiger charge is -2.08. The first-order valence-corrected chi connectivity index (χ1v) is 7.23. The molecule has 7 nitrogen and oxygen atoms in total. The van der Waals surface area contributed by atoms with Gasteiger partial charge in [-0.25, -0.2) is 4.79 Å². The van der Waals surface area contributed by atoms with Gasteiger partial charge in [-0.05, 0) is 37.3 Å². The number of nitrogens with one attached hydrogen (secondary N) is 1. The number of hydrogen-bond acceptors (Lipinski definition) is 5. The molecule has 1 N–H and O–H groups in total. The van der Waals surface area contributed by atoms with E-state index >= 15 is 0 Å². The van der Waals surface area contributed by atoms with Crippen molar-refractivity contribution in [3.63, 3.8) is 0 Å². The number of nitro groups is 1. The second-order valence-electron chi connectivity index (χ2n) is 4.84. The molecule has 24 heavy (non-hydrogen) atoms. The molecule has 0 atom stereocenters. The van der Waals surface area contributed by atoms with E-state index in [0.717, 1.165) is 0 Å². The Kier molecular flexibility index (Phi) is 5.49. The quantitative estimate of drug-likeness (QED) is 0.507. The van der Waals surface area contributed by atoms with Gasteiger partial charge in [-0.1, -0.05) is 17.7 Å². The average molecular weight is 349 g/mol. The standard InChI is InChI=1S/C16H13ClN2O5/c1-10-13(3-2-4-14(10)19(22)23)16(21)24-9-15(20)18-12-7-5-11(17)6-8-12/h2-8H,9H2,1H3,(H,18,20). The highest BCUT2D eigenvalue weighted by atomic mass is 35.5. The summed E-state index contributed by atoms with van der Waals surface area (Å²) in [6.45, 7) is 0.937. The van der Waals surface area contributed by atoms with Crippen molar-refractivity contribution in [1.29, 1.82) is 0 Å². The highest BCUT2D eigenvalue weighted by Gasteiger charge is 2.19. The lowest BCUT2D eigenvalue weighted by Crippen LogP contribution is -2.21. The minimum Gasteiger partial charge on any atom is -0.452 e. The molecule has 0 saturated carbocycles. The third-order valence-electron chi connectivity index (χ3n) is 3.18. The van der Waals surface area contributed by atoms with Crippen LogP contribution in [0.4, 0.5) is 11.4 Å². The maximum atomic E-state index is 12.0. The summed E-state index contributed by atoms with van der Waals surface area (Å²) in [6, 6.07) is 10.5. The number of nitro benzene ring substituents is 1. The number of esters is 1. The van der Waals surface area contributed by atoms with Crippen molar-refractivity contribution >= 4 is 34.9 Å². The van der Waals surface area contributed by atoms with Crippen LogP contribution in [-0.2, 0) is 9.53 Å². The molecular weight excluding hydrogens is 336 g/mol. The molecule has 0 spiro atoms. The van der Waals surface area contributed by atoms with E-state index in [9.17, 15) is 19.7 Å². The van der Waals surface area contributed by atoms with Crippen molar-refractivity contribution in [2.45, 2.75) is 6.92 Å². The fourth-order valence-corrected chi connectivity index (χ4v) is 2.11. The molecule has 124 valence electrons. The zero-order chi connectivity index (χ0) is 17.7. The fourth-order valence-electron chi connectivity index (χ4n) is 1.98. The Morgan fingerprint density at radius 1 is 1.21 bits per heavy atom. The number of anilines is 1. The third-order valence-corrected chi connectivity index (χ3v) is 3.44. The summed E-state index contributed by atoms with van der Waals surface area (Å²) < 4.78 is 4.90. The molecule has 2 aromatic rings. The molecule has 2 rings (SSSR count). The van der Waals surface area contributed by atoms with Gasteiger partial charge in [0.05, 0.1) is 10.5 Å². The predicted octanol–water partition coefficient (Wildman–Crippen LogP) is 3.35. The van der Waals surface area contributed by atoms with Gasteiger partial charge in [-0.3, -0.25) is 14.9 Å². The molecular formula is C16H13ClN2O5. The zero-order valence-electron chi connectivity index (χ0n) is 12.6. The Morgan fingerprint density at radius 2 is 1.88 bits per heavy atom. The Bertz CT molecular complexity index is 790. The summed E-state index contributed by atoms with van der Waals surface area (Å²) in [4.78, 5) is 34.0. The van der Waals surface area contributed by atoms with Gasteiger partial charge in [0.15, 0.2) is 6.61 Å². The number of ether oxygens (including phenoxy) is 1. The van der Waals surface area contributed by atoms with E-state index in [0.29, 0.717) is 10.7 Å². The van der Waals surface area contributed by atoms with Gasteiger partial charge in [0, 0.05) is 22.3 Å². The Hall–Kier alpha value is -2.93. The maximum Gasteiger partial charge on any atom is 0.339 e. The normalized spacial score (nSPS) is 10.1. The smallest absolute Gasteiger partial charge is 0.339 e. The first-order valence-electron chi connectivity index (χ1n) is 6.85. The van der Waals surface area contributed by atoms with Crippen LogP contribution in [0.25, 0.3) is 0 Å². The van der Waals surface area contributed by atoms with Gasteiger partial charge >= 0.3 is 5.97 Å². The summed E-state index contributed by atoms with van der Waals surface area (Å²) in [5.41, 5.74) is 0.552. The summed E-state index contributed by atoms with van der Waals surface area (Å²) in [5.74, 6) is -1.34. The van der Waals surface area contributed by atoms with E-state index in [1.54, 1.807) is 24.3 Å². The summed E-state index contributed by atoms with van der Waals surface area (Å²) >= 11 is 5.74. The number of nitrogens with zero attached hydrogens (tertiary/aromatic N) is 1. The van der Waals surface area contributed by atoms with E-state index in [1.165, 1.54) is 25.1 Å². The fraction of sp³-hybridized carbons (Fsp3) is 0.125. The van der Waals surface area contributed by atoms with Crippen LogP contribution in [0.15, 0.2) is 42.5 Å². The predicted molar refractivity (Wildman–Crippen MR) is 88.2 cm³/mol. The molecule has 8 heteroatoms. The lowest BCUT2D eigenvalue weighted by molar-refractivity contribution is -0.385. The lowest BCUT2D eigenvalue weighted by atomic mass is 10.1. The molecule has 2 aromatic carbocycles. The zero-order valence-corrected chi connectivity index (χ0v) is 13.4. The first kappa shape index (κ1) is 17.4. The van der Waals surface area contributed by atoms with E-state index in [-0.39, 0.29) is 16.8 Å². The van der Waals surface area contributed by atoms with Gasteiger partial charge in [-0.15, -0.1) is 0 Å². The van der Waals surface area contributed by atoms with Crippen LogP contribution in [0.5, 0.6) is 0 Å². The van der Waals surface area contributed by atoms with Crippen LogP contribution < -0.4 is 5.32 Å². The third kappa shape index (κ3) is 4.30. The van der Waals surface area contributed by atoms with E-state index in [4.69, 9.17) is 16.3 Å². The minimum atomic E-state index is -0.803. The van der Waals surface area contributed by atoms with Crippen molar-refractivity contribution in [3.05, 3.63) is 68.7 Å². The van der Waals surface area contributed by atoms with E-state index < -0.39 is 23.4 Å². The van der Waals surface area contributed by atoms with Crippen LogP contribution in [0.1, 0.15) is 15.9 Å². The van der Waals surface area contributed by atoms with Crippen LogP contribution in [0, 0.1) is 17.0 Å². The molecule has 0 fully saturated rings. The number of amides is 1. The van der Waals surface area contributed by atoms with Gasteiger partial charge in [-0.2, -0.15) is 0 Å². The summed E-state index contributed by atoms with van der Waals surface area (Å²) in [7, 11) is 0. The largest absolute Gasteiger partial charge is 0.452 e. The SMILES string of the molecule is Cc1c(C(=O)OCC(=O)Nc2ccc(Cl)cc2)cccc1[N+](=O)[O-]. The molecule has 0 unspecified atom stereocenters.